The molecular formula is C19H20N4O3S. The molecule has 0 bridgehead atoms. The molecule has 0 aliphatic carbocycles. The van der Waals surface area contributed by atoms with E-state index in [2.05, 4.69) is 10.3 Å². The number of pyridine rings is 1. The zero-order valence-corrected chi connectivity index (χ0v) is 15.5. The molecule has 0 spiro atoms. The second kappa shape index (κ2) is 8.29. The number of rotatable bonds is 5. The van der Waals surface area contributed by atoms with Gasteiger partial charge in [-0.3, -0.25) is 9.78 Å². The number of nitriles is 1. The first-order valence-electron chi connectivity index (χ1n) is 8.67. The molecule has 3 rings (SSSR count). The summed E-state index contributed by atoms with van der Waals surface area (Å²) < 4.78 is 26.8. The van der Waals surface area contributed by atoms with Crippen molar-refractivity contribution < 1.29 is 13.2 Å². The van der Waals surface area contributed by atoms with Gasteiger partial charge in [0.25, 0.3) is 0 Å². The van der Waals surface area contributed by atoms with E-state index in [1.807, 2.05) is 18.2 Å². The van der Waals surface area contributed by atoms with Crippen LogP contribution in [0.1, 0.15) is 24.0 Å². The minimum Gasteiger partial charge on any atom is -0.352 e. The number of carbonyl (C=O) groups is 1. The molecule has 1 fully saturated rings. The molecule has 1 aromatic heterocycles. The number of aromatic nitrogens is 1. The van der Waals surface area contributed by atoms with Gasteiger partial charge in [0.05, 0.1) is 16.5 Å². The van der Waals surface area contributed by atoms with Gasteiger partial charge in [0.15, 0.2) is 0 Å². The maximum atomic E-state index is 12.7. The Kier molecular flexibility index (Phi) is 5.84. The van der Waals surface area contributed by atoms with Crippen molar-refractivity contribution in [2.45, 2.75) is 24.3 Å². The van der Waals surface area contributed by atoms with Gasteiger partial charge in [-0.15, -0.1) is 0 Å². The van der Waals surface area contributed by atoms with Crippen molar-refractivity contribution >= 4 is 15.9 Å². The molecule has 0 unspecified atom stereocenters. The first-order chi connectivity index (χ1) is 13.0. The van der Waals surface area contributed by atoms with E-state index >= 15 is 0 Å². The molecule has 2 aromatic rings. The molecule has 1 aromatic carbocycles. The molecule has 0 radical (unpaired) electrons. The number of piperidine rings is 1. The molecule has 1 amide bonds. The number of nitrogens with one attached hydrogen (secondary N) is 1. The molecule has 0 saturated carbocycles. The number of carbonyl (C=O) groups excluding carboxylic acids is 1. The smallest absolute Gasteiger partial charge is 0.243 e. The van der Waals surface area contributed by atoms with Crippen molar-refractivity contribution in [3.8, 4) is 6.07 Å². The minimum absolute atomic E-state index is 0.0609. The normalized spacial score (nSPS) is 15.8. The third-order valence-corrected chi connectivity index (χ3v) is 6.55. The highest BCUT2D eigenvalue weighted by Gasteiger charge is 2.31. The fourth-order valence-corrected chi connectivity index (χ4v) is 4.51. The molecule has 7 nitrogen and oxygen atoms in total. The van der Waals surface area contributed by atoms with Crippen LogP contribution in [0.3, 0.4) is 0 Å². The van der Waals surface area contributed by atoms with E-state index in [0.29, 0.717) is 38.0 Å². The summed E-state index contributed by atoms with van der Waals surface area (Å²) in [5.41, 5.74) is 1.34. The van der Waals surface area contributed by atoms with Crippen molar-refractivity contribution in [1.29, 1.82) is 5.26 Å². The van der Waals surface area contributed by atoms with Crippen molar-refractivity contribution in [1.82, 2.24) is 14.6 Å². The quantitative estimate of drug-likeness (QED) is 0.845. The van der Waals surface area contributed by atoms with Crippen LogP contribution in [-0.2, 0) is 21.4 Å². The van der Waals surface area contributed by atoms with E-state index < -0.39 is 10.0 Å². The Balaban J connectivity index is 1.56. The maximum Gasteiger partial charge on any atom is 0.243 e. The highest BCUT2D eigenvalue weighted by atomic mass is 32.2. The summed E-state index contributed by atoms with van der Waals surface area (Å²) in [5, 5.41) is 11.7. The van der Waals surface area contributed by atoms with Crippen molar-refractivity contribution in [2.24, 2.45) is 5.92 Å². The van der Waals surface area contributed by atoms with Gasteiger partial charge in [-0.05, 0) is 48.7 Å². The molecule has 140 valence electrons. The van der Waals surface area contributed by atoms with Gasteiger partial charge in [-0.2, -0.15) is 9.57 Å². The number of sulfonamides is 1. The van der Waals surface area contributed by atoms with E-state index in [-0.39, 0.29) is 16.7 Å². The molecule has 8 heteroatoms. The summed E-state index contributed by atoms with van der Waals surface area (Å²) in [6, 6.07) is 11.5. The molecule has 27 heavy (non-hydrogen) atoms. The molecule has 1 N–H and O–H groups in total. The third-order valence-electron chi connectivity index (χ3n) is 4.64. The topological polar surface area (TPSA) is 103 Å². The Morgan fingerprint density at radius 2 is 1.93 bits per heavy atom. The van der Waals surface area contributed by atoms with Gasteiger partial charge >= 0.3 is 0 Å². The lowest BCUT2D eigenvalue weighted by Gasteiger charge is -2.30. The zero-order valence-electron chi connectivity index (χ0n) is 14.7. The van der Waals surface area contributed by atoms with E-state index in [9.17, 15) is 13.2 Å². The molecule has 1 aliphatic rings. The molecule has 1 saturated heterocycles. The van der Waals surface area contributed by atoms with E-state index in [1.54, 1.807) is 12.4 Å². The van der Waals surface area contributed by atoms with Gasteiger partial charge in [0, 0.05) is 37.9 Å². The van der Waals surface area contributed by atoms with Crippen LogP contribution in [0.15, 0.2) is 53.7 Å². The van der Waals surface area contributed by atoms with Crippen LogP contribution in [-0.4, -0.2) is 36.7 Å². The molecule has 2 heterocycles. The Morgan fingerprint density at radius 1 is 1.22 bits per heavy atom. The summed E-state index contributed by atoms with van der Waals surface area (Å²) >= 11 is 0. The summed E-state index contributed by atoms with van der Waals surface area (Å²) in [6.07, 6.45) is 4.34. The number of nitrogens with zero attached hydrogens (tertiary/aromatic N) is 3. The van der Waals surface area contributed by atoms with Gasteiger partial charge in [0.2, 0.25) is 15.9 Å². The summed E-state index contributed by atoms with van der Waals surface area (Å²) in [4.78, 5) is 16.5. The van der Waals surface area contributed by atoms with Crippen molar-refractivity contribution in [3.05, 3.63) is 59.9 Å². The SMILES string of the molecule is N#Cc1ccc(S(=O)(=O)N2CCC(C(=O)NCc3cccnc3)CC2)cc1. The Morgan fingerprint density at radius 3 is 2.52 bits per heavy atom. The van der Waals surface area contributed by atoms with Crippen LogP contribution in [0.4, 0.5) is 0 Å². The highest BCUT2D eigenvalue weighted by Crippen LogP contribution is 2.24. The highest BCUT2D eigenvalue weighted by molar-refractivity contribution is 7.89. The second-order valence-electron chi connectivity index (χ2n) is 6.39. The zero-order chi connectivity index (χ0) is 19.3. The third kappa shape index (κ3) is 4.51. The van der Waals surface area contributed by atoms with Crippen LogP contribution in [0, 0.1) is 17.2 Å². The van der Waals surface area contributed by atoms with E-state index in [4.69, 9.17) is 5.26 Å². The fourth-order valence-electron chi connectivity index (χ4n) is 3.05. The molecule has 1 aliphatic heterocycles. The maximum absolute atomic E-state index is 12.7. The van der Waals surface area contributed by atoms with Crippen molar-refractivity contribution in [2.75, 3.05) is 13.1 Å². The lowest BCUT2D eigenvalue weighted by atomic mass is 9.97. The van der Waals surface area contributed by atoms with Crippen LogP contribution in [0.5, 0.6) is 0 Å². The van der Waals surface area contributed by atoms with Crippen LogP contribution >= 0.6 is 0 Å². The van der Waals surface area contributed by atoms with Gasteiger partial charge in [0.1, 0.15) is 0 Å². The number of hydrogen-bond acceptors (Lipinski definition) is 5. The first kappa shape index (κ1) is 19.0. The van der Waals surface area contributed by atoms with E-state index in [0.717, 1.165) is 5.56 Å². The minimum atomic E-state index is -3.61. The Hall–Kier alpha value is -2.76. The first-order valence-corrected chi connectivity index (χ1v) is 10.1. The summed E-state index contributed by atoms with van der Waals surface area (Å²) in [5.74, 6) is -0.261. The lowest BCUT2D eigenvalue weighted by Crippen LogP contribution is -2.42. The Bertz CT molecular complexity index is 929. The average Bonchev–Trinajstić information content (AvgIpc) is 2.73. The number of amides is 1. The number of hydrogen-bond donors (Lipinski definition) is 1. The largest absolute Gasteiger partial charge is 0.352 e. The Labute approximate surface area is 158 Å². The standard InChI is InChI=1S/C19H20N4O3S/c20-12-15-3-5-18(6-4-15)27(25,26)23-10-7-17(8-11-23)19(24)22-14-16-2-1-9-21-13-16/h1-6,9,13,17H,7-8,10-11,14H2,(H,22,24). The monoisotopic (exact) mass is 384 g/mol. The van der Waals surface area contributed by atoms with Gasteiger partial charge in [-0.1, -0.05) is 6.07 Å². The lowest BCUT2D eigenvalue weighted by molar-refractivity contribution is -0.126. The average molecular weight is 384 g/mol. The summed E-state index contributed by atoms with van der Waals surface area (Å²) in [7, 11) is -3.61. The summed E-state index contributed by atoms with van der Waals surface area (Å²) in [6.45, 7) is 1.01. The van der Waals surface area contributed by atoms with Crippen molar-refractivity contribution in [3.63, 3.8) is 0 Å². The van der Waals surface area contributed by atoms with Gasteiger partial charge in [-0.25, -0.2) is 8.42 Å². The molecule has 0 atom stereocenters. The van der Waals surface area contributed by atoms with E-state index in [1.165, 1.54) is 28.6 Å². The fraction of sp³-hybridized carbons (Fsp3) is 0.316. The molecular weight excluding hydrogens is 364 g/mol. The second-order valence-corrected chi connectivity index (χ2v) is 8.33. The van der Waals surface area contributed by atoms with Crippen LogP contribution in [0.2, 0.25) is 0 Å². The van der Waals surface area contributed by atoms with Crippen LogP contribution < -0.4 is 5.32 Å². The number of benzene rings is 1. The predicted molar refractivity (Wildman–Crippen MR) is 98.7 cm³/mol. The van der Waals surface area contributed by atoms with Crippen LogP contribution in [0.25, 0.3) is 0 Å². The van der Waals surface area contributed by atoms with Gasteiger partial charge < -0.3 is 5.32 Å². The predicted octanol–water partition coefficient (Wildman–Crippen LogP) is 1.67.